The minimum absolute atomic E-state index is 0.255. The molecule has 38 heavy (non-hydrogen) atoms. The van der Waals surface area contributed by atoms with E-state index in [4.69, 9.17) is 4.74 Å². The van der Waals surface area contributed by atoms with Crippen LogP contribution in [0.3, 0.4) is 0 Å². The van der Waals surface area contributed by atoms with Crippen molar-refractivity contribution >= 4 is 57.9 Å². The molecule has 0 aromatic heterocycles. The van der Waals surface area contributed by atoms with Crippen LogP contribution in [0, 0.1) is 0 Å². The lowest BCUT2D eigenvalue weighted by atomic mass is 10.1. The van der Waals surface area contributed by atoms with E-state index in [9.17, 15) is 14.4 Å². The fraction of sp³-hybridized carbons (Fsp3) is 0.172. The SMILES string of the molecule is COC(=O)c1ccccc1NC(=O)C(C)SC1=N/C(=C/c2ccc(N(C)C)cc2)C(=O)N1c1ccccc1. The molecule has 0 radical (unpaired) electrons. The summed E-state index contributed by atoms with van der Waals surface area (Å²) in [7, 11) is 5.21. The number of nitrogens with one attached hydrogen (secondary N) is 1. The van der Waals surface area contributed by atoms with Crippen LogP contribution in [0.4, 0.5) is 17.1 Å². The van der Waals surface area contributed by atoms with E-state index in [-0.39, 0.29) is 23.1 Å². The number of aliphatic imine (C=N–C) groups is 1. The zero-order chi connectivity index (χ0) is 27.2. The van der Waals surface area contributed by atoms with Crippen molar-refractivity contribution in [3.8, 4) is 0 Å². The summed E-state index contributed by atoms with van der Waals surface area (Å²) in [4.78, 5) is 46.8. The number of methoxy groups -OCH3 is 1. The van der Waals surface area contributed by atoms with E-state index in [0.717, 1.165) is 23.0 Å². The summed E-state index contributed by atoms with van der Waals surface area (Å²) < 4.78 is 4.81. The Balaban J connectivity index is 1.60. The molecule has 1 aliphatic rings. The van der Waals surface area contributed by atoms with E-state index in [2.05, 4.69) is 10.3 Å². The summed E-state index contributed by atoms with van der Waals surface area (Å²) in [5, 5.41) is 2.56. The Bertz CT molecular complexity index is 1400. The van der Waals surface area contributed by atoms with Gasteiger partial charge in [0.25, 0.3) is 5.91 Å². The van der Waals surface area contributed by atoms with Crippen LogP contribution in [-0.2, 0) is 14.3 Å². The Kier molecular flexibility index (Phi) is 8.28. The van der Waals surface area contributed by atoms with Crippen LogP contribution >= 0.6 is 11.8 Å². The van der Waals surface area contributed by atoms with Crippen molar-refractivity contribution in [2.45, 2.75) is 12.2 Å². The molecule has 0 aliphatic carbocycles. The van der Waals surface area contributed by atoms with Crippen LogP contribution in [0.5, 0.6) is 0 Å². The van der Waals surface area contributed by atoms with Crippen LogP contribution in [0.1, 0.15) is 22.8 Å². The molecule has 0 fully saturated rings. The number of thioether (sulfide) groups is 1. The number of anilines is 3. The van der Waals surface area contributed by atoms with E-state index in [1.54, 1.807) is 37.3 Å². The molecule has 0 spiro atoms. The number of carbonyl (C=O) groups is 3. The molecule has 1 atom stereocenters. The van der Waals surface area contributed by atoms with Gasteiger partial charge in [0.1, 0.15) is 5.70 Å². The van der Waals surface area contributed by atoms with Crippen molar-refractivity contribution in [1.82, 2.24) is 0 Å². The van der Waals surface area contributed by atoms with Crippen LogP contribution in [0.2, 0.25) is 0 Å². The summed E-state index contributed by atoms with van der Waals surface area (Å²) >= 11 is 1.16. The minimum atomic E-state index is -0.628. The lowest BCUT2D eigenvalue weighted by Gasteiger charge is -2.20. The van der Waals surface area contributed by atoms with Crippen LogP contribution in [0.25, 0.3) is 6.08 Å². The molecule has 4 rings (SSSR count). The Hall–Kier alpha value is -4.37. The molecule has 1 N–H and O–H groups in total. The van der Waals surface area contributed by atoms with Gasteiger partial charge in [-0.3, -0.25) is 14.5 Å². The predicted molar refractivity (Wildman–Crippen MR) is 154 cm³/mol. The molecule has 0 saturated carbocycles. The quantitative estimate of drug-likeness (QED) is 0.341. The normalized spacial score (nSPS) is 14.7. The number of ether oxygens (including phenoxy) is 1. The lowest BCUT2D eigenvalue weighted by molar-refractivity contribution is -0.115. The maximum absolute atomic E-state index is 13.5. The molecule has 1 heterocycles. The monoisotopic (exact) mass is 528 g/mol. The fourth-order valence-electron chi connectivity index (χ4n) is 3.73. The second kappa shape index (κ2) is 11.8. The van der Waals surface area contributed by atoms with Gasteiger partial charge in [-0.05, 0) is 55.0 Å². The van der Waals surface area contributed by atoms with Crippen molar-refractivity contribution in [2.75, 3.05) is 36.3 Å². The Labute approximate surface area is 226 Å². The average molecular weight is 529 g/mol. The third-order valence-electron chi connectivity index (χ3n) is 5.80. The van der Waals surface area contributed by atoms with E-state index < -0.39 is 11.2 Å². The van der Waals surface area contributed by atoms with Crippen molar-refractivity contribution < 1.29 is 19.1 Å². The number of amides is 2. The van der Waals surface area contributed by atoms with Gasteiger partial charge in [0, 0.05) is 19.8 Å². The molecule has 194 valence electrons. The molecular formula is C29H28N4O4S. The highest BCUT2D eigenvalue weighted by Gasteiger charge is 2.34. The Morgan fingerprint density at radius 2 is 1.66 bits per heavy atom. The maximum Gasteiger partial charge on any atom is 0.339 e. The highest BCUT2D eigenvalue weighted by Crippen LogP contribution is 2.31. The van der Waals surface area contributed by atoms with Crippen LogP contribution in [0.15, 0.2) is 89.6 Å². The summed E-state index contributed by atoms with van der Waals surface area (Å²) in [5.41, 5.74) is 3.42. The molecule has 0 saturated heterocycles. The summed E-state index contributed by atoms with van der Waals surface area (Å²) in [6.07, 6.45) is 1.74. The predicted octanol–water partition coefficient (Wildman–Crippen LogP) is 5.04. The molecule has 2 amide bonds. The number of para-hydroxylation sites is 2. The van der Waals surface area contributed by atoms with Gasteiger partial charge in [-0.15, -0.1) is 0 Å². The number of amidine groups is 1. The largest absolute Gasteiger partial charge is 0.465 e. The van der Waals surface area contributed by atoms with Crippen LogP contribution in [-0.4, -0.2) is 49.4 Å². The fourth-order valence-corrected chi connectivity index (χ4v) is 4.66. The molecule has 8 nitrogen and oxygen atoms in total. The molecular weight excluding hydrogens is 500 g/mol. The molecule has 3 aromatic carbocycles. The number of benzene rings is 3. The first kappa shape index (κ1) is 26.7. The topological polar surface area (TPSA) is 91.3 Å². The first-order valence-corrected chi connectivity index (χ1v) is 12.8. The van der Waals surface area contributed by atoms with Crippen molar-refractivity contribution in [2.24, 2.45) is 4.99 Å². The number of esters is 1. The van der Waals surface area contributed by atoms with Crippen molar-refractivity contribution in [3.63, 3.8) is 0 Å². The third kappa shape index (κ3) is 5.95. The number of hydrogen-bond acceptors (Lipinski definition) is 7. The van der Waals surface area contributed by atoms with Crippen molar-refractivity contribution in [3.05, 3.63) is 95.7 Å². The van der Waals surface area contributed by atoms with Gasteiger partial charge in [-0.25, -0.2) is 9.79 Å². The first-order valence-electron chi connectivity index (χ1n) is 11.9. The van der Waals surface area contributed by atoms with E-state index in [1.807, 2.05) is 73.6 Å². The number of nitrogens with zero attached hydrogens (tertiary/aromatic N) is 3. The summed E-state index contributed by atoms with van der Waals surface area (Å²) in [5.74, 6) is -1.17. The van der Waals surface area contributed by atoms with E-state index in [0.29, 0.717) is 16.5 Å². The van der Waals surface area contributed by atoms with Gasteiger partial charge in [-0.1, -0.05) is 54.2 Å². The maximum atomic E-state index is 13.5. The second-order valence-corrected chi connectivity index (χ2v) is 9.98. The van der Waals surface area contributed by atoms with Gasteiger partial charge in [0.15, 0.2) is 5.17 Å². The highest BCUT2D eigenvalue weighted by molar-refractivity contribution is 8.15. The first-order chi connectivity index (χ1) is 18.3. The van der Waals surface area contributed by atoms with Gasteiger partial charge < -0.3 is 15.0 Å². The van der Waals surface area contributed by atoms with Crippen molar-refractivity contribution in [1.29, 1.82) is 0 Å². The summed E-state index contributed by atoms with van der Waals surface area (Å²) in [6, 6.07) is 23.6. The molecule has 0 bridgehead atoms. The molecule has 1 aliphatic heterocycles. The average Bonchev–Trinajstić information content (AvgIpc) is 3.23. The van der Waals surface area contributed by atoms with Crippen LogP contribution < -0.4 is 15.1 Å². The van der Waals surface area contributed by atoms with Gasteiger partial charge in [-0.2, -0.15) is 0 Å². The number of hydrogen-bond donors (Lipinski definition) is 1. The summed E-state index contributed by atoms with van der Waals surface area (Å²) in [6.45, 7) is 1.72. The standard InChI is InChI=1S/C29H28N4O4S/c1-19(26(34)30-24-13-9-8-12-23(24)28(36)37-4)38-29-31-25(18-20-14-16-21(17-15-20)32(2)3)27(35)33(29)22-10-6-5-7-11-22/h5-19H,1-4H3,(H,30,34)/b25-18+. The zero-order valence-corrected chi connectivity index (χ0v) is 22.4. The lowest BCUT2D eigenvalue weighted by Crippen LogP contribution is -2.33. The highest BCUT2D eigenvalue weighted by atomic mass is 32.2. The van der Waals surface area contributed by atoms with Gasteiger partial charge >= 0.3 is 5.97 Å². The Morgan fingerprint density at radius 1 is 1.00 bits per heavy atom. The Morgan fingerprint density at radius 3 is 2.32 bits per heavy atom. The third-order valence-corrected chi connectivity index (χ3v) is 6.85. The van der Waals surface area contributed by atoms with E-state index in [1.165, 1.54) is 12.0 Å². The number of carbonyl (C=O) groups excluding carboxylic acids is 3. The van der Waals surface area contributed by atoms with E-state index >= 15 is 0 Å². The molecule has 1 unspecified atom stereocenters. The molecule has 9 heteroatoms. The minimum Gasteiger partial charge on any atom is -0.465 e. The second-order valence-electron chi connectivity index (χ2n) is 8.67. The zero-order valence-electron chi connectivity index (χ0n) is 21.5. The van der Waals surface area contributed by atoms with Gasteiger partial charge in [0.2, 0.25) is 5.91 Å². The number of rotatable bonds is 7. The van der Waals surface area contributed by atoms with Gasteiger partial charge in [0.05, 0.1) is 29.3 Å². The smallest absolute Gasteiger partial charge is 0.339 e. The molecule has 3 aromatic rings.